The van der Waals surface area contributed by atoms with Crippen molar-refractivity contribution < 1.29 is 28.1 Å². The van der Waals surface area contributed by atoms with E-state index in [1.807, 2.05) is 32.8 Å². The van der Waals surface area contributed by atoms with Gasteiger partial charge in [-0.3, -0.25) is 10.2 Å². The Kier molecular flexibility index (Phi) is 8.78. The van der Waals surface area contributed by atoms with Crippen molar-refractivity contribution >= 4 is 34.3 Å². The van der Waals surface area contributed by atoms with E-state index in [4.69, 9.17) is 24.4 Å². The maximum atomic E-state index is 15.1. The SMILES string of the molecule is Br.COc1cc2c(c(F)c1OC)C(=N)N(CC(=O)c1cc(N(C)C)c(OC)c(C(C)(C)OC)c1)C2. The van der Waals surface area contributed by atoms with E-state index in [1.54, 1.807) is 32.4 Å². The molecule has 1 aliphatic rings. The van der Waals surface area contributed by atoms with Crippen LogP contribution in [-0.4, -0.2) is 65.6 Å². The van der Waals surface area contributed by atoms with Crippen LogP contribution in [0.1, 0.15) is 40.9 Å². The Morgan fingerprint density at radius 1 is 1.09 bits per heavy atom. The molecule has 0 unspecified atom stereocenters. The number of amidine groups is 1. The maximum absolute atomic E-state index is 15.1. The van der Waals surface area contributed by atoms with Crippen LogP contribution in [0.5, 0.6) is 17.2 Å². The summed E-state index contributed by atoms with van der Waals surface area (Å²) in [4.78, 5) is 16.8. The lowest BCUT2D eigenvalue weighted by Gasteiger charge is -2.29. The summed E-state index contributed by atoms with van der Waals surface area (Å²) in [7, 11) is 9.69. The number of halogens is 2. The molecule has 0 radical (unpaired) electrons. The Bertz CT molecular complexity index is 1140. The van der Waals surface area contributed by atoms with Crippen LogP contribution in [0.25, 0.3) is 0 Å². The van der Waals surface area contributed by atoms with Crippen LogP contribution >= 0.6 is 17.0 Å². The summed E-state index contributed by atoms with van der Waals surface area (Å²) < 4.78 is 36.8. The first-order valence-corrected chi connectivity index (χ1v) is 10.8. The Morgan fingerprint density at radius 2 is 1.71 bits per heavy atom. The minimum absolute atomic E-state index is 0. The van der Waals surface area contributed by atoms with Gasteiger partial charge in [0.05, 0.1) is 44.7 Å². The fourth-order valence-electron chi connectivity index (χ4n) is 4.10. The molecule has 0 aromatic heterocycles. The highest BCUT2D eigenvalue weighted by atomic mass is 79.9. The number of ether oxygens (including phenoxy) is 4. The highest BCUT2D eigenvalue weighted by molar-refractivity contribution is 8.93. The molecule has 1 N–H and O–H groups in total. The highest BCUT2D eigenvalue weighted by Gasteiger charge is 2.34. The first kappa shape index (κ1) is 28.4. The minimum atomic E-state index is -0.709. The first-order valence-electron chi connectivity index (χ1n) is 10.8. The zero-order valence-corrected chi connectivity index (χ0v) is 23.1. The normalized spacial score (nSPS) is 12.7. The number of methoxy groups -OCH3 is 4. The number of ketones is 1. The molecular formula is C25H33BrFN3O5. The molecule has 3 rings (SSSR count). The summed E-state index contributed by atoms with van der Waals surface area (Å²) in [5, 5.41) is 8.52. The van der Waals surface area contributed by atoms with E-state index in [2.05, 4.69) is 0 Å². The van der Waals surface area contributed by atoms with Gasteiger partial charge in [0.1, 0.15) is 11.6 Å². The number of anilines is 1. The Hall–Kier alpha value is -2.85. The Morgan fingerprint density at radius 3 is 2.23 bits per heavy atom. The smallest absolute Gasteiger partial charge is 0.197 e. The predicted octanol–water partition coefficient (Wildman–Crippen LogP) is 4.40. The van der Waals surface area contributed by atoms with E-state index >= 15 is 4.39 Å². The number of nitrogens with zero attached hydrogens (tertiary/aromatic N) is 2. The molecule has 2 aromatic carbocycles. The molecule has 0 fully saturated rings. The largest absolute Gasteiger partial charge is 0.494 e. The number of fused-ring (bicyclic) bond motifs is 1. The van der Waals surface area contributed by atoms with Crippen molar-refractivity contribution in [3.05, 3.63) is 46.3 Å². The zero-order valence-electron chi connectivity index (χ0n) is 21.4. The topological polar surface area (TPSA) is 84.3 Å². The maximum Gasteiger partial charge on any atom is 0.197 e. The predicted molar refractivity (Wildman–Crippen MR) is 139 cm³/mol. The van der Waals surface area contributed by atoms with Gasteiger partial charge in [0.15, 0.2) is 23.1 Å². The van der Waals surface area contributed by atoms with Crippen molar-refractivity contribution in [2.45, 2.75) is 26.0 Å². The number of hydrogen-bond acceptors (Lipinski definition) is 7. The molecule has 192 valence electrons. The molecule has 2 aromatic rings. The third kappa shape index (κ3) is 5.08. The molecule has 10 heteroatoms. The van der Waals surface area contributed by atoms with Gasteiger partial charge >= 0.3 is 0 Å². The number of carbonyl (C=O) groups excluding carboxylic acids is 1. The average Bonchev–Trinajstić information content (AvgIpc) is 3.12. The summed E-state index contributed by atoms with van der Waals surface area (Å²) in [6.07, 6.45) is 0. The second kappa shape index (κ2) is 10.8. The molecule has 8 nitrogen and oxygen atoms in total. The van der Waals surface area contributed by atoms with Crippen LogP contribution in [0.2, 0.25) is 0 Å². The van der Waals surface area contributed by atoms with Crippen LogP contribution in [0.15, 0.2) is 18.2 Å². The highest BCUT2D eigenvalue weighted by Crippen LogP contribution is 2.41. The minimum Gasteiger partial charge on any atom is -0.494 e. The standard InChI is InChI=1S/C25H32FN3O5.BrH/c1-25(2,34-8)16-9-14(10-17(28(3)4)22(16)32-6)18(30)13-29-12-15-11-19(31-5)23(33-7)21(26)20(15)24(29)27;/h9-11,27H,12-13H2,1-8H3;1H. The van der Waals surface area contributed by atoms with Gasteiger partial charge < -0.3 is 28.7 Å². The second-order valence-corrected chi connectivity index (χ2v) is 8.77. The number of Topliss-reactive ketones (excluding diaryl/α,β-unsaturated/α-hetero) is 1. The van der Waals surface area contributed by atoms with Gasteiger partial charge in [0, 0.05) is 38.9 Å². The molecule has 0 spiro atoms. The van der Waals surface area contributed by atoms with E-state index in [0.29, 0.717) is 16.9 Å². The van der Waals surface area contributed by atoms with Crippen molar-refractivity contribution in [1.29, 1.82) is 5.41 Å². The van der Waals surface area contributed by atoms with Crippen LogP contribution < -0.4 is 19.1 Å². The molecule has 0 saturated heterocycles. The van der Waals surface area contributed by atoms with Crippen LogP contribution in [0.3, 0.4) is 0 Å². The summed E-state index contributed by atoms with van der Waals surface area (Å²) in [6.45, 7) is 3.91. The van der Waals surface area contributed by atoms with E-state index in [9.17, 15) is 4.79 Å². The lowest BCUT2D eigenvalue weighted by molar-refractivity contribution is 0.0173. The van der Waals surface area contributed by atoms with Gasteiger partial charge in [-0.15, -0.1) is 17.0 Å². The number of carbonyl (C=O) groups is 1. The number of rotatable bonds is 9. The van der Waals surface area contributed by atoms with Crippen LogP contribution in [-0.2, 0) is 16.9 Å². The van der Waals surface area contributed by atoms with E-state index < -0.39 is 11.4 Å². The lowest BCUT2D eigenvalue weighted by atomic mass is 9.92. The van der Waals surface area contributed by atoms with Crippen molar-refractivity contribution in [3.8, 4) is 17.2 Å². The second-order valence-electron chi connectivity index (χ2n) is 8.77. The fourth-order valence-corrected chi connectivity index (χ4v) is 4.10. The molecule has 0 bridgehead atoms. The number of hydrogen-bond donors (Lipinski definition) is 1. The quantitative estimate of drug-likeness (QED) is 0.460. The zero-order chi connectivity index (χ0) is 25.4. The van der Waals surface area contributed by atoms with E-state index in [1.165, 1.54) is 19.1 Å². The summed E-state index contributed by atoms with van der Waals surface area (Å²) in [5.74, 6) is -0.138. The van der Waals surface area contributed by atoms with Crippen LogP contribution in [0.4, 0.5) is 10.1 Å². The van der Waals surface area contributed by atoms with E-state index in [-0.39, 0.29) is 58.8 Å². The summed E-state index contributed by atoms with van der Waals surface area (Å²) in [5.41, 5.74) is 1.89. The first-order chi connectivity index (χ1) is 16.0. The van der Waals surface area contributed by atoms with Gasteiger partial charge in [-0.05, 0) is 37.6 Å². The van der Waals surface area contributed by atoms with Gasteiger partial charge in [-0.1, -0.05) is 0 Å². The van der Waals surface area contributed by atoms with Gasteiger partial charge in [0.2, 0.25) is 0 Å². The molecular weight excluding hydrogens is 521 g/mol. The molecule has 0 saturated carbocycles. The fraction of sp³-hybridized carbons (Fsp3) is 0.440. The van der Waals surface area contributed by atoms with Crippen molar-refractivity contribution in [3.63, 3.8) is 0 Å². The molecule has 1 aliphatic heterocycles. The third-order valence-corrected chi connectivity index (χ3v) is 6.18. The summed E-state index contributed by atoms with van der Waals surface area (Å²) in [6, 6.07) is 5.17. The molecule has 35 heavy (non-hydrogen) atoms. The third-order valence-electron chi connectivity index (χ3n) is 6.18. The monoisotopic (exact) mass is 553 g/mol. The van der Waals surface area contributed by atoms with Crippen LogP contribution in [0, 0.1) is 11.2 Å². The molecule has 0 amide bonds. The van der Waals surface area contributed by atoms with E-state index in [0.717, 1.165) is 11.3 Å². The van der Waals surface area contributed by atoms with Gasteiger partial charge in [-0.2, -0.15) is 0 Å². The average molecular weight is 554 g/mol. The van der Waals surface area contributed by atoms with Gasteiger partial charge in [-0.25, -0.2) is 4.39 Å². The summed E-state index contributed by atoms with van der Waals surface area (Å²) >= 11 is 0. The number of benzene rings is 2. The molecule has 0 aliphatic carbocycles. The Labute approximate surface area is 216 Å². The Balaban J connectivity index is 0.00000432. The number of nitrogens with one attached hydrogen (secondary N) is 1. The molecule has 1 heterocycles. The van der Waals surface area contributed by atoms with Gasteiger partial charge in [0.25, 0.3) is 0 Å². The lowest BCUT2D eigenvalue weighted by Crippen LogP contribution is -2.31. The van der Waals surface area contributed by atoms with Crippen molar-refractivity contribution in [2.75, 3.05) is 54.0 Å². The van der Waals surface area contributed by atoms with Crippen molar-refractivity contribution in [2.24, 2.45) is 0 Å². The van der Waals surface area contributed by atoms with Crippen molar-refractivity contribution in [1.82, 2.24) is 4.90 Å². The molecule has 0 atom stereocenters.